The lowest BCUT2D eigenvalue weighted by atomic mass is 10.1. The molecule has 2 rings (SSSR count). The van der Waals surface area contributed by atoms with Gasteiger partial charge in [-0.1, -0.05) is 23.7 Å². The van der Waals surface area contributed by atoms with E-state index in [1.54, 1.807) is 6.92 Å². The molecule has 1 N–H and O–H groups in total. The van der Waals surface area contributed by atoms with Gasteiger partial charge in [0.1, 0.15) is 5.82 Å². The number of rotatable bonds is 1. The summed E-state index contributed by atoms with van der Waals surface area (Å²) in [5, 5.41) is -0.316. The van der Waals surface area contributed by atoms with Gasteiger partial charge in [-0.3, -0.25) is 0 Å². The first kappa shape index (κ1) is 12.0. The molecule has 0 fully saturated rings. The van der Waals surface area contributed by atoms with Crippen molar-refractivity contribution < 1.29 is 13.2 Å². The van der Waals surface area contributed by atoms with E-state index in [0.717, 1.165) is 6.07 Å². The van der Waals surface area contributed by atoms with E-state index in [1.807, 2.05) is 0 Å². The third-order valence-corrected chi connectivity index (χ3v) is 2.70. The van der Waals surface area contributed by atoms with Crippen molar-refractivity contribution in [2.24, 2.45) is 0 Å². The van der Waals surface area contributed by atoms with Crippen molar-refractivity contribution in [3.05, 3.63) is 40.8 Å². The first-order valence-electron chi connectivity index (χ1n) is 4.77. The molecule has 0 bridgehead atoms. The number of halogens is 4. The monoisotopic (exact) mass is 260 g/mol. The summed E-state index contributed by atoms with van der Waals surface area (Å²) in [7, 11) is 0. The Hall–Kier alpha value is -1.49. The van der Waals surface area contributed by atoms with Crippen LogP contribution in [0.1, 0.15) is 11.4 Å². The van der Waals surface area contributed by atoms with Crippen LogP contribution in [0.4, 0.5) is 13.2 Å². The Kier molecular flexibility index (Phi) is 2.87. The molecule has 1 aromatic heterocycles. The van der Waals surface area contributed by atoms with Crippen LogP contribution in [0.15, 0.2) is 24.4 Å². The quantitative estimate of drug-likeness (QED) is 0.823. The van der Waals surface area contributed by atoms with Gasteiger partial charge in [0.15, 0.2) is 0 Å². The fourth-order valence-corrected chi connectivity index (χ4v) is 1.85. The number of hydrogen-bond acceptors (Lipinski definition) is 1. The highest BCUT2D eigenvalue weighted by atomic mass is 35.5. The summed E-state index contributed by atoms with van der Waals surface area (Å²) < 4.78 is 37.9. The molecule has 90 valence electrons. The summed E-state index contributed by atoms with van der Waals surface area (Å²) in [4.78, 5) is 6.78. The summed E-state index contributed by atoms with van der Waals surface area (Å²) in [6.45, 7) is 1.71. The third kappa shape index (κ3) is 2.29. The van der Waals surface area contributed by atoms with E-state index >= 15 is 0 Å². The molecule has 0 saturated heterocycles. The van der Waals surface area contributed by atoms with Crippen LogP contribution in [0, 0.1) is 6.92 Å². The van der Waals surface area contributed by atoms with Crippen molar-refractivity contribution in [3.8, 4) is 11.3 Å². The fraction of sp³-hybridized carbons (Fsp3) is 0.182. The Morgan fingerprint density at radius 1 is 1.29 bits per heavy atom. The summed E-state index contributed by atoms with van der Waals surface area (Å²) in [5.74, 6) is 0.619. The summed E-state index contributed by atoms with van der Waals surface area (Å²) in [6.07, 6.45) is -3.00. The Morgan fingerprint density at radius 2 is 2.00 bits per heavy atom. The van der Waals surface area contributed by atoms with Crippen LogP contribution in [0.5, 0.6) is 0 Å². The maximum absolute atomic E-state index is 12.6. The van der Waals surface area contributed by atoms with Gasteiger partial charge in [0.05, 0.1) is 22.5 Å². The topological polar surface area (TPSA) is 28.7 Å². The van der Waals surface area contributed by atoms with Crippen molar-refractivity contribution in [3.63, 3.8) is 0 Å². The van der Waals surface area contributed by atoms with E-state index in [-0.39, 0.29) is 5.02 Å². The second-order valence-electron chi connectivity index (χ2n) is 3.55. The van der Waals surface area contributed by atoms with E-state index < -0.39 is 11.7 Å². The van der Waals surface area contributed by atoms with Crippen molar-refractivity contribution in [2.75, 3.05) is 0 Å². The number of hydrogen-bond donors (Lipinski definition) is 1. The molecule has 2 nitrogen and oxygen atoms in total. The second kappa shape index (κ2) is 4.07. The molecule has 1 aromatic carbocycles. The molecule has 0 aliphatic carbocycles. The maximum Gasteiger partial charge on any atom is 0.417 e. The Morgan fingerprint density at radius 3 is 2.53 bits per heavy atom. The van der Waals surface area contributed by atoms with Crippen LogP contribution in [0.2, 0.25) is 5.02 Å². The highest BCUT2D eigenvalue weighted by molar-refractivity contribution is 6.34. The van der Waals surface area contributed by atoms with Gasteiger partial charge in [-0.05, 0) is 13.0 Å². The molecule has 1 heterocycles. The van der Waals surface area contributed by atoms with Crippen LogP contribution >= 0.6 is 11.6 Å². The standard InChI is InChI=1S/C11H8ClF3N2/c1-6-16-5-9(17-6)7-3-2-4-8(10(7)12)11(13,14)15/h2-5H,1H3,(H,16,17). The van der Waals surface area contributed by atoms with E-state index in [4.69, 9.17) is 11.6 Å². The highest BCUT2D eigenvalue weighted by Gasteiger charge is 2.34. The molecular formula is C11H8ClF3N2. The minimum absolute atomic E-state index is 0.294. The lowest BCUT2D eigenvalue weighted by Gasteiger charge is -2.11. The predicted octanol–water partition coefficient (Wildman–Crippen LogP) is 4.06. The second-order valence-corrected chi connectivity index (χ2v) is 3.93. The Balaban J connectivity index is 2.57. The zero-order valence-corrected chi connectivity index (χ0v) is 9.52. The normalized spacial score (nSPS) is 11.8. The molecule has 17 heavy (non-hydrogen) atoms. The summed E-state index contributed by atoms with van der Waals surface area (Å²) in [6, 6.07) is 3.79. The molecule has 0 saturated carbocycles. The maximum atomic E-state index is 12.6. The number of benzene rings is 1. The lowest BCUT2D eigenvalue weighted by molar-refractivity contribution is -0.137. The number of alkyl halides is 3. The van der Waals surface area contributed by atoms with Gasteiger partial charge >= 0.3 is 6.18 Å². The number of imidazole rings is 1. The Labute approximate surface area is 100 Å². The van der Waals surface area contributed by atoms with E-state index in [1.165, 1.54) is 18.3 Å². The van der Waals surface area contributed by atoms with Gasteiger partial charge in [-0.25, -0.2) is 4.98 Å². The first-order chi connectivity index (χ1) is 7.89. The van der Waals surface area contributed by atoms with Gasteiger partial charge in [0, 0.05) is 5.56 Å². The van der Waals surface area contributed by atoms with Gasteiger partial charge in [0.2, 0.25) is 0 Å². The number of H-pyrrole nitrogens is 1. The van der Waals surface area contributed by atoms with Gasteiger partial charge in [-0.2, -0.15) is 13.2 Å². The number of nitrogens with one attached hydrogen (secondary N) is 1. The van der Waals surface area contributed by atoms with Crippen LogP contribution in [0.25, 0.3) is 11.3 Å². The molecule has 6 heteroatoms. The van der Waals surface area contributed by atoms with E-state index in [2.05, 4.69) is 9.97 Å². The Bertz CT molecular complexity index is 546. The molecule has 0 unspecified atom stereocenters. The minimum Gasteiger partial charge on any atom is -0.342 e. The molecule has 2 aromatic rings. The predicted molar refractivity (Wildman–Crippen MR) is 58.8 cm³/mol. The summed E-state index contributed by atoms with van der Waals surface area (Å²) in [5.41, 5.74) is -0.0791. The first-order valence-corrected chi connectivity index (χ1v) is 5.15. The number of aryl methyl sites for hydroxylation is 1. The molecule has 0 spiro atoms. The van der Waals surface area contributed by atoms with E-state index in [9.17, 15) is 13.2 Å². The molecule has 0 radical (unpaired) electrons. The van der Waals surface area contributed by atoms with Crippen LogP contribution in [-0.4, -0.2) is 9.97 Å². The molecule has 0 amide bonds. The van der Waals surface area contributed by atoms with Crippen LogP contribution < -0.4 is 0 Å². The average Bonchev–Trinajstić information content (AvgIpc) is 2.63. The molecule has 0 aliphatic rings. The fourth-order valence-electron chi connectivity index (χ4n) is 1.52. The molecule has 0 aliphatic heterocycles. The van der Waals surface area contributed by atoms with Crippen molar-refractivity contribution in [1.82, 2.24) is 9.97 Å². The van der Waals surface area contributed by atoms with Crippen molar-refractivity contribution in [1.29, 1.82) is 0 Å². The lowest BCUT2D eigenvalue weighted by Crippen LogP contribution is -2.06. The SMILES string of the molecule is Cc1ncc(-c2cccc(C(F)(F)F)c2Cl)[nH]1. The number of aromatic amines is 1. The average molecular weight is 261 g/mol. The third-order valence-electron chi connectivity index (χ3n) is 2.30. The van der Waals surface area contributed by atoms with Gasteiger partial charge in [-0.15, -0.1) is 0 Å². The summed E-state index contributed by atoms with van der Waals surface area (Å²) >= 11 is 5.77. The van der Waals surface area contributed by atoms with Crippen molar-refractivity contribution >= 4 is 11.6 Å². The molecule has 0 atom stereocenters. The number of aromatic nitrogens is 2. The minimum atomic E-state index is -4.46. The van der Waals surface area contributed by atoms with Gasteiger partial charge < -0.3 is 4.98 Å². The van der Waals surface area contributed by atoms with Crippen LogP contribution in [-0.2, 0) is 6.18 Å². The largest absolute Gasteiger partial charge is 0.417 e. The highest BCUT2D eigenvalue weighted by Crippen LogP contribution is 2.39. The zero-order chi connectivity index (χ0) is 12.6. The van der Waals surface area contributed by atoms with Gasteiger partial charge in [0.25, 0.3) is 0 Å². The zero-order valence-electron chi connectivity index (χ0n) is 8.77. The van der Waals surface area contributed by atoms with E-state index in [0.29, 0.717) is 17.1 Å². The smallest absolute Gasteiger partial charge is 0.342 e. The number of nitrogens with zero attached hydrogens (tertiary/aromatic N) is 1. The van der Waals surface area contributed by atoms with Crippen molar-refractivity contribution in [2.45, 2.75) is 13.1 Å². The van der Waals surface area contributed by atoms with Crippen LogP contribution in [0.3, 0.4) is 0 Å². The molecular weight excluding hydrogens is 253 g/mol.